The third-order valence-corrected chi connectivity index (χ3v) is 6.33. The molecule has 31 heavy (non-hydrogen) atoms. The second-order valence-corrected chi connectivity index (χ2v) is 9.03. The summed E-state index contributed by atoms with van der Waals surface area (Å²) in [5.74, 6) is 1.71. The van der Waals surface area contributed by atoms with Gasteiger partial charge in [-0.15, -0.1) is 0 Å². The van der Waals surface area contributed by atoms with Crippen molar-refractivity contribution >= 4 is 16.9 Å². The largest absolute Gasteiger partial charge is 0.468 e. The van der Waals surface area contributed by atoms with E-state index in [0.29, 0.717) is 19.5 Å². The van der Waals surface area contributed by atoms with E-state index in [9.17, 15) is 4.79 Å². The van der Waals surface area contributed by atoms with Crippen molar-refractivity contribution < 1.29 is 9.21 Å². The van der Waals surface area contributed by atoms with Crippen LogP contribution in [0.5, 0.6) is 0 Å². The van der Waals surface area contributed by atoms with Gasteiger partial charge in [0.15, 0.2) is 0 Å². The van der Waals surface area contributed by atoms with Crippen LogP contribution in [-0.4, -0.2) is 50.0 Å². The van der Waals surface area contributed by atoms with E-state index in [0.717, 1.165) is 41.5 Å². The lowest BCUT2D eigenvalue weighted by Crippen LogP contribution is -2.41. The van der Waals surface area contributed by atoms with E-state index in [1.54, 1.807) is 6.26 Å². The minimum Gasteiger partial charge on any atom is -0.468 e. The Hall–Kier alpha value is -2.61. The van der Waals surface area contributed by atoms with Gasteiger partial charge in [0, 0.05) is 19.0 Å². The number of aryl methyl sites for hydroxylation is 2. The average molecular weight is 427 g/mol. The number of rotatable bonds is 8. The van der Waals surface area contributed by atoms with E-state index in [4.69, 9.17) is 4.42 Å². The Morgan fingerprint density at radius 2 is 2.10 bits per heavy atom. The normalized spacial score (nSPS) is 16.9. The molecule has 0 aliphatic carbocycles. The second kappa shape index (κ2) is 9.26. The number of piperidine rings is 1. The van der Waals surface area contributed by atoms with Gasteiger partial charge in [0.2, 0.25) is 5.91 Å². The van der Waals surface area contributed by atoms with Gasteiger partial charge in [-0.1, -0.05) is 6.92 Å². The molecule has 168 valence electrons. The fourth-order valence-corrected chi connectivity index (χ4v) is 4.48. The van der Waals surface area contributed by atoms with Crippen molar-refractivity contribution in [3.63, 3.8) is 0 Å². The summed E-state index contributed by atoms with van der Waals surface area (Å²) >= 11 is 0. The van der Waals surface area contributed by atoms with Crippen molar-refractivity contribution in [2.45, 2.75) is 65.6 Å². The van der Waals surface area contributed by atoms with E-state index in [2.05, 4.69) is 41.2 Å². The predicted molar refractivity (Wildman–Crippen MR) is 120 cm³/mol. The van der Waals surface area contributed by atoms with Gasteiger partial charge in [0.25, 0.3) is 0 Å². The Kier molecular flexibility index (Phi) is 6.46. The number of carbonyl (C=O) groups is 1. The molecule has 3 aromatic rings. The zero-order valence-electron chi connectivity index (χ0n) is 19.0. The molecule has 1 N–H and O–H groups in total. The molecule has 0 spiro atoms. The van der Waals surface area contributed by atoms with E-state index in [-0.39, 0.29) is 18.0 Å². The molecule has 1 aliphatic rings. The number of hydrogen-bond donors (Lipinski definition) is 1. The first-order valence-electron chi connectivity index (χ1n) is 11.4. The monoisotopic (exact) mass is 426 g/mol. The lowest BCUT2D eigenvalue weighted by molar-refractivity contribution is -0.121. The number of nitrogens with zero attached hydrogens (tertiary/aromatic N) is 5. The highest BCUT2D eigenvalue weighted by Gasteiger charge is 2.27. The lowest BCUT2D eigenvalue weighted by Gasteiger charge is -2.35. The number of hydrogen-bond acceptors (Lipinski definition) is 5. The maximum Gasteiger partial charge on any atom is 0.221 e. The van der Waals surface area contributed by atoms with Gasteiger partial charge in [0.05, 0.1) is 30.7 Å². The smallest absolute Gasteiger partial charge is 0.221 e. The minimum atomic E-state index is 0.0273. The molecule has 1 aliphatic heterocycles. The van der Waals surface area contributed by atoms with Gasteiger partial charge in [0.1, 0.15) is 16.8 Å². The molecule has 0 bridgehead atoms. The number of nitrogens with one attached hydrogen (secondary N) is 1. The quantitative estimate of drug-likeness (QED) is 0.594. The van der Waals surface area contributed by atoms with Gasteiger partial charge in [-0.05, 0) is 64.8 Å². The van der Waals surface area contributed by atoms with Crippen LogP contribution in [0.25, 0.3) is 11.0 Å². The van der Waals surface area contributed by atoms with Gasteiger partial charge < -0.3 is 9.73 Å². The van der Waals surface area contributed by atoms with Gasteiger partial charge in [-0.3, -0.25) is 19.1 Å². The number of furan rings is 1. The molecule has 1 saturated heterocycles. The maximum absolute atomic E-state index is 12.7. The zero-order valence-corrected chi connectivity index (χ0v) is 19.0. The summed E-state index contributed by atoms with van der Waals surface area (Å²) in [6.07, 6.45) is 6.30. The van der Waals surface area contributed by atoms with Crippen LogP contribution in [0.2, 0.25) is 0 Å². The predicted octanol–water partition coefficient (Wildman–Crippen LogP) is 3.69. The van der Waals surface area contributed by atoms with Crippen LogP contribution in [0, 0.1) is 12.8 Å². The molecule has 4 rings (SSSR count). The lowest BCUT2D eigenvalue weighted by atomic mass is 9.97. The van der Waals surface area contributed by atoms with Gasteiger partial charge in [-0.25, -0.2) is 0 Å². The number of aromatic nitrogens is 4. The SMILES string of the molecule is Cc1nn(C(C)C)c2cnn(CCC(=O)NCC(c3ccco3)N3CCC(C)CC3)c12. The van der Waals surface area contributed by atoms with E-state index in [1.807, 2.05) is 34.6 Å². The molecular weight excluding hydrogens is 392 g/mol. The highest BCUT2D eigenvalue weighted by Crippen LogP contribution is 2.27. The highest BCUT2D eigenvalue weighted by molar-refractivity contribution is 5.79. The van der Waals surface area contributed by atoms with Crippen LogP contribution < -0.4 is 5.32 Å². The summed E-state index contributed by atoms with van der Waals surface area (Å²) in [5, 5.41) is 12.2. The van der Waals surface area contributed by atoms with Gasteiger partial charge >= 0.3 is 0 Å². The van der Waals surface area contributed by atoms with Crippen molar-refractivity contribution in [1.82, 2.24) is 29.8 Å². The molecule has 1 fully saturated rings. The molecule has 8 nitrogen and oxygen atoms in total. The maximum atomic E-state index is 12.7. The van der Waals surface area contributed by atoms with Crippen LogP contribution in [0.3, 0.4) is 0 Å². The summed E-state index contributed by atoms with van der Waals surface area (Å²) in [6, 6.07) is 4.27. The molecule has 0 saturated carbocycles. The molecule has 1 atom stereocenters. The summed E-state index contributed by atoms with van der Waals surface area (Å²) in [6.45, 7) is 11.7. The first-order chi connectivity index (χ1) is 14.9. The summed E-state index contributed by atoms with van der Waals surface area (Å²) in [7, 11) is 0. The summed E-state index contributed by atoms with van der Waals surface area (Å²) in [4.78, 5) is 15.1. The molecule has 1 unspecified atom stereocenters. The third kappa shape index (κ3) is 4.69. The van der Waals surface area contributed by atoms with Crippen LogP contribution in [-0.2, 0) is 11.3 Å². The zero-order chi connectivity index (χ0) is 22.0. The van der Waals surface area contributed by atoms with Crippen molar-refractivity contribution in [3.8, 4) is 0 Å². The van der Waals surface area contributed by atoms with Crippen LogP contribution in [0.1, 0.15) is 63.6 Å². The number of likely N-dealkylation sites (tertiary alicyclic amines) is 1. The van der Waals surface area contributed by atoms with E-state index in [1.165, 1.54) is 12.8 Å². The number of fused-ring (bicyclic) bond motifs is 1. The van der Waals surface area contributed by atoms with Crippen LogP contribution >= 0.6 is 0 Å². The van der Waals surface area contributed by atoms with Crippen LogP contribution in [0.4, 0.5) is 0 Å². The van der Waals surface area contributed by atoms with Gasteiger partial charge in [-0.2, -0.15) is 10.2 Å². The number of carbonyl (C=O) groups excluding carboxylic acids is 1. The molecule has 0 radical (unpaired) electrons. The number of amides is 1. The Labute approximate surface area is 183 Å². The Morgan fingerprint density at radius 1 is 1.32 bits per heavy atom. The van der Waals surface area contributed by atoms with Crippen molar-refractivity contribution in [2.24, 2.45) is 5.92 Å². The molecule has 8 heteroatoms. The van der Waals surface area contributed by atoms with E-state index < -0.39 is 0 Å². The third-order valence-electron chi connectivity index (χ3n) is 6.33. The summed E-state index contributed by atoms with van der Waals surface area (Å²) in [5.41, 5.74) is 2.97. The molecule has 1 amide bonds. The first-order valence-corrected chi connectivity index (χ1v) is 11.4. The fraction of sp³-hybridized carbons (Fsp3) is 0.609. The van der Waals surface area contributed by atoms with Crippen molar-refractivity contribution in [2.75, 3.05) is 19.6 Å². The Bertz CT molecular complexity index is 995. The summed E-state index contributed by atoms with van der Waals surface area (Å²) < 4.78 is 9.58. The Balaban J connectivity index is 1.36. The molecule has 4 heterocycles. The molecule has 0 aromatic carbocycles. The van der Waals surface area contributed by atoms with Crippen molar-refractivity contribution in [1.29, 1.82) is 0 Å². The van der Waals surface area contributed by atoms with E-state index >= 15 is 0 Å². The Morgan fingerprint density at radius 3 is 2.77 bits per heavy atom. The van der Waals surface area contributed by atoms with Crippen molar-refractivity contribution in [3.05, 3.63) is 36.0 Å². The second-order valence-electron chi connectivity index (χ2n) is 9.03. The average Bonchev–Trinajstić information content (AvgIpc) is 3.47. The fourth-order valence-electron chi connectivity index (χ4n) is 4.48. The molecular formula is C23H34N6O2. The highest BCUT2D eigenvalue weighted by atomic mass is 16.3. The molecule has 3 aromatic heterocycles. The minimum absolute atomic E-state index is 0.0273. The topological polar surface area (TPSA) is 81.1 Å². The first kappa shape index (κ1) is 21.6. The standard InChI is InChI=1S/C23H34N6O2/c1-16(2)29-20-15-25-28(23(20)18(4)26-29)12-9-22(30)24-14-19(21-6-5-13-31-21)27-10-7-17(3)8-11-27/h5-6,13,15-17,19H,7-12,14H2,1-4H3,(H,24,30). The van der Waals surface area contributed by atoms with Crippen LogP contribution in [0.15, 0.2) is 29.0 Å².